The second-order valence-corrected chi connectivity index (χ2v) is 7.15. The Hall–Kier alpha value is -1.48. The van der Waals surface area contributed by atoms with Crippen LogP contribution in [0.1, 0.15) is 35.3 Å². The minimum absolute atomic E-state index is 0. The van der Waals surface area contributed by atoms with Crippen molar-refractivity contribution in [1.29, 1.82) is 0 Å². The zero-order valence-corrected chi connectivity index (χ0v) is 16.2. The standard InChI is InChI=1S/C18H15F6O2P.Li/c1-10(2)26-11-6-8-12(9-7-11)27-16(25)15-13(17(19,20)21)4-3-5-14(15)18(22,23)24;/h3-10,27H,1-2H3;/q;+1. The van der Waals surface area contributed by atoms with Crippen molar-refractivity contribution in [3.05, 3.63) is 59.2 Å². The molecular weight excluding hydrogens is 400 g/mol. The third-order valence-electron chi connectivity index (χ3n) is 3.39. The van der Waals surface area contributed by atoms with E-state index in [4.69, 9.17) is 4.74 Å². The number of ether oxygens (including phenoxy) is 1. The molecule has 0 aliphatic carbocycles. The van der Waals surface area contributed by atoms with Crippen LogP contribution in [0.4, 0.5) is 26.3 Å². The van der Waals surface area contributed by atoms with E-state index in [9.17, 15) is 31.1 Å². The molecule has 10 heteroatoms. The van der Waals surface area contributed by atoms with E-state index in [1.54, 1.807) is 13.8 Å². The van der Waals surface area contributed by atoms with Gasteiger partial charge in [0.15, 0.2) is 5.52 Å². The molecule has 146 valence electrons. The fourth-order valence-electron chi connectivity index (χ4n) is 2.35. The third kappa shape index (κ3) is 6.27. The predicted molar refractivity (Wildman–Crippen MR) is 90.9 cm³/mol. The summed E-state index contributed by atoms with van der Waals surface area (Å²) in [5.41, 5.74) is -5.75. The molecule has 2 nitrogen and oxygen atoms in total. The number of carbonyl (C=O) groups excluding carboxylic acids is 1. The molecule has 28 heavy (non-hydrogen) atoms. The van der Waals surface area contributed by atoms with Crippen molar-refractivity contribution in [2.45, 2.75) is 32.3 Å². The molecule has 0 N–H and O–H groups in total. The second kappa shape index (κ2) is 9.34. The van der Waals surface area contributed by atoms with E-state index < -0.39 is 43.1 Å². The molecule has 0 saturated carbocycles. The van der Waals surface area contributed by atoms with Gasteiger partial charge in [-0.1, -0.05) is 18.2 Å². The van der Waals surface area contributed by atoms with E-state index >= 15 is 0 Å². The van der Waals surface area contributed by atoms with Crippen LogP contribution < -0.4 is 28.9 Å². The summed E-state index contributed by atoms with van der Waals surface area (Å²) in [4.78, 5) is 12.4. The largest absolute Gasteiger partial charge is 1.00 e. The van der Waals surface area contributed by atoms with E-state index in [0.29, 0.717) is 29.3 Å². The van der Waals surface area contributed by atoms with Crippen LogP contribution in [0.2, 0.25) is 0 Å². The first-order valence-electron chi connectivity index (χ1n) is 7.75. The maximum absolute atomic E-state index is 13.2. The number of benzene rings is 2. The zero-order chi connectivity index (χ0) is 20.4. The summed E-state index contributed by atoms with van der Waals surface area (Å²) in [6.07, 6.45) is -10.3. The fourth-order valence-corrected chi connectivity index (χ4v) is 3.34. The maximum Gasteiger partial charge on any atom is 1.00 e. The first-order valence-corrected chi connectivity index (χ1v) is 8.75. The molecule has 0 spiro atoms. The van der Waals surface area contributed by atoms with E-state index in [1.165, 1.54) is 24.3 Å². The smallest absolute Gasteiger partial charge is 0.491 e. The first-order chi connectivity index (χ1) is 12.4. The van der Waals surface area contributed by atoms with Crippen molar-refractivity contribution in [3.8, 4) is 5.75 Å². The van der Waals surface area contributed by atoms with E-state index in [1.807, 2.05) is 0 Å². The average molecular weight is 415 g/mol. The first kappa shape index (κ1) is 24.6. The number of carbonyl (C=O) groups is 1. The molecule has 0 saturated heterocycles. The molecule has 0 aliphatic heterocycles. The van der Waals surface area contributed by atoms with Gasteiger partial charge in [0.1, 0.15) is 5.75 Å². The third-order valence-corrected chi connectivity index (χ3v) is 4.49. The minimum atomic E-state index is -5.08. The van der Waals surface area contributed by atoms with E-state index in [-0.39, 0.29) is 25.0 Å². The van der Waals surface area contributed by atoms with Gasteiger partial charge in [-0.05, 0) is 52.0 Å². The Morgan fingerprint density at radius 1 is 0.893 bits per heavy atom. The van der Waals surface area contributed by atoms with Crippen LogP contribution >= 0.6 is 8.58 Å². The molecule has 1 unspecified atom stereocenters. The predicted octanol–water partition coefficient (Wildman–Crippen LogP) is 2.66. The van der Waals surface area contributed by atoms with Crippen molar-refractivity contribution in [2.75, 3.05) is 0 Å². The van der Waals surface area contributed by atoms with Gasteiger partial charge >= 0.3 is 31.2 Å². The molecule has 2 rings (SSSR count). The minimum Gasteiger partial charge on any atom is -0.491 e. The van der Waals surface area contributed by atoms with Crippen LogP contribution in [-0.4, -0.2) is 11.6 Å². The van der Waals surface area contributed by atoms with Gasteiger partial charge in [0, 0.05) is 5.56 Å². The maximum atomic E-state index is 13.2. The molecule has 2 aromatic carbocycles. The number of rotatable bonds is 5. The fraction of sp³-hybridized carbons (Fsp3) is 0.278. The summed E-state index contributed by atoms with van der Waals surface area (Å²) >= 11 is 0. The van der Waals surface area contributed by atoms with Crippen molar-refractivity contribution in [2.24, 2.45) is 0 Å². The topological polar surface area (TPSA) is 26.3 Å². The number of alkyl halides is 6. The number of hydrogen-bond donors (Lipinski definition) is 0. The number of halogens is 6. The molecule has 0 fully saturated rings. The monoisotopic (exact) mass is 415 g/mol. The summed E-state index contributed by atoms with van der Waals surface area (Å²) in [6.45, 7) is 3.60. The van der Waals surface area contributed by atoms with Crippen molar-refractivity contribution >= 4 is 19.4 Å². The molecule has 0 heterocycles. The Kier molecular flexibility index (Phi) is 8.19. The molecule has 0 aromatic heterocycles. The molecule has 0 amide bonds. The normalized spacial score (nSPS) is 12.3. The van der Waals surface area contributed by atoms with Gasteiger partial charge in [-0.25, -0.2) is 0 Å². The molecule has 2 aromatic rings. The van der Waals surface area contributed by atoms with Crippen molar-refractivity contribution in [3.63, 3.8) is 0 Å². The Morgan fingerprint density at radius 2 is 1.36 bits per heavy atom. The summed E-state index contributed by atoms with van der Waals surface area (Å²) in [6, 6.07) is 7.50. The van der Waals surface area contributed by atoms with Crippen molar-refractivity contribution in [1.82, 2.24) is 0 Å². The van der Waals surface area contributed by atoms with Gasteiger partial charge < -0.3 is 4.74 Å². The molecule has 0 aliphatic rings. The summed E-state index contributed by atoms with van der Waals surface area (Å²) < 4.78 is 84.3. The van der Waals surface area contributed by atoms with Crippen LogP contribution in [-0.2, 0) is 12.4 Å². The Morgan fingerprint density at radius 3 is 1.75 bits per heavy atom. The van der Waals surface area contributed by atoms with Gasteiger partial charge in [-0.15, -0.1) is 0 Å². The average Bonchev–Trinajstić information content (AvgIpc) is 2.54. The van der Waals surface area contributed by atoms with E-state index in [2.05, 4.69) is 0 Å². The number of hydrogen-bond acceptors (Lipinski definition) is 2. The summed E-state index contributed by atoms with van der Waals surface area (Å²) in [7, 11) is -0.896. The summed E-state index contributed by atoms with van der Waals surface area (Å²) in [5.74, 6) is 0.484. The van der Waals surface area contributed by atoms with Gasteiger partial charge in [-0.3, -0.25) is 4.79 Å². The molecule has 1 atom stereocenters. The van der Waals surface area contributed by atoms with E-state index in [0.717, 1.165) is 0 Å². The van der Waals surface area contributed by atoms with Crippen LogP contribution in [0.5, 0.6) is 5.75 Å². The van der Waals surface area contributed by atoms with Crippen LogP contribution in [0.25, 0.3) is 0 Å². The quantitative estimate of drug-likeness (QED) is 0.427. The Labute approximate surface area is 171 Å². The van der Waals surface area contributed by atoms with Crippen molar-refractivity contribution < 1.29 is 54.7 Å². The SMILES string of the molecule is CC(C)Oc1ccc(PC(=O)c2c(C(F)(F)F)cccc2C(F)(F)F)cc1.[Li+]. The van der Waals surface area contributed by atoms with Gasteiger partial charge in [0.05, 0.1) is 17.2 Å². The van der Waals surface area contributed by atoms with Crippen LogP contribution in [0, 0.1) is 0 Å². The molecule has 0 radical (unpaired) electrons. The Bertz CT molecular complexity index is 784. The zero-order valence-electron chi connectivity index (χ0n) is 15.2. The Balaban J connectivity index is 0.00000392. The van der Waals surface area contributed by atoms with Crippen LogP contribution in [0.15, 0.2) is 42.5 Å². The second-order valence-electron chi connectivity index (χ2n) is 5.87. The molecule has 0 bridgehead atoms. The van der Waals surface area contributed by atoms with Crippen LogP contribution in [0.3, 0.4) is 0 Å². The molecular formula is C18H15F6LiO2P+. The van der Waals surface area contributed by atoms with Gasteiger partial charge in [-0.2, -0.15) is 26.3 Å². The van der Waals surface area contributed by atoms with Gasteiger partial charge in [0.2, 0.25) is 0 Å². The van der Waals surface area contributed by atoms with Gasteiger partial charge in [0.25, 0.3) is 0 Å². The summed E-state index contributed by atoms with van der Waals surface area (Å²) in [5, 5.41) is 0.307.